The summed E-state index contributed by atoms with van der Waals surface area (Å²) in [5.41, 5.74) is 2.48. The van der Waals surface area contributed by atoms with Gasteiger partial charge >= 0.3 is 0 Å². The summed E-state index contributed by atoms with van der Waals surface area (Å²) in [5, 5.41) is 2.93. The molecule has 3 rings (SSSR count). The second-order valence-electron chi connectivity index (χ2n) is 4.89. The molecule has 0 saturated carbocycles. The SMILES string of the molecule is NNc1nc(OCCN2CCCCC2)c2ccsc2n1. The number of piperidine rings is 1. The highest BCUT2D eigenvalue weighted by Gasteiger charge is 2.12. The average Bonchev–Trinajstić information content (AvgIpc) is 2.96. The van der Waals surface area contributed by atoms with E-state index in [1.165, 1.54) is 32.4 Å². The van der Waals surface area contributed by atoms with Crippen LogP contribution in [0.2, 0.25) is 0 Å². The van der Waals surface area contributed by atoms with Gasteiger partial charge in [0, 0.05) is 6.54 Å². The molecule has 3 heterocycles. The van der Waals surface area contributed by atoms with Crippen molar-refractivity contribution in [2.24, 2.45) is 5.84 Å². The molecule has 1 aliphatic heterocycles. The third kappa shape index (κ3) is 3.00. The molecule has 1 fully saturated rings. The Morgan fingerprint density at radius 2 is 2.15 bits per heavy atom. The van der Waals surface area contributed by atoms with Gasteiger partial charge in [0.15, 0.2) is 0 Å². The number of hydrogen-bond acceptors (Lipinski definition) is 7. The van der Waals surface area contributed by atoms with Crippen LogP contribution in [0.3, 0.4) is 0 Å². The molecule has 0 aliphatic carbocycles. The number of fused-ring (bicyclic) bond motifs is 1. The molecule has 3 N–H and O–H groups in total. The molecule has 0 amide bonds. The van der Waals surface area contributed by atoms with E-state index < -0.39 is 0 Å². The molecular formula is C13H19N5OS. The maximum absolute atomic E-state index is 5.84. The molecule has 0 aromatic carbocycles. The fourth-order valence-electron chi connectivity index (χ4n) is 2.46. The Labute approximate surface area is 121 Å². The number of ether oxygens (including phenoxy) is 1. The summed E-state index contributed by atoms with van der Waals surface area (Å²) in [4.78, 5) is 11.9. The molecule has 0 unspecified atom stereocenters. The molecule has 2 aromatic heterocycles. The van der Waals surface area contributed by atoms with Crippen molar-refractivity contribution in [2.45, 2.75) is 19.3 Å². The first-order chi connectivity index (χ1) is 9.86. The van der Waals surface area contributed by atoms with Crippen molar-refractivity contribution in [1.82, 2.24) is 14.9 Å². The minimum Gasteiger partial charge on any atom is -0.476 e. The van der Waals surface area contributed by atoms with Gasteiger partial charge in [-0.3, -0.25) is 10.3 Å². The van der Waals surface area contributed by atoms with Crippen molar-refractivity contribution in [1.29, 1.82) is 0 Å². The normalized spacial score (nSPS) is 16.4. The first-order valence-corrected chi connectivity index (χ1v) is 7.82. The van der Waals surface area contributed by atoms with Crippen LogP contribution in [0.1, 0.15) is 19.3 Å². The minimum absolute atomic E-state index is 0.396. The predicted molar refractivity (Wildman–Crippen MR) is 81.0 cm³/mol. The van der Waals surface area contributed by atoms with Gasteiger partial charge in [-0.05, 0) is 37.4 Å². The van der Waals surface area contributed by atoms with Crippen molar-refractivity contribution in [3.8, 4) is 5.88 Å². The van der Waals surface area contributed by atoms with Crippen LogP contribution in [-0.2, 0) is 0 Å². The van der Waals surface area contributed by atoms with Crippen molar-refractivity contribution < 1.29 is 4.74 Å². The highest BCUT2D eigenvalue weighted by atomic mass is 32.1. The van der Waals surface area contributed by atoms with Crippen LogP contribution in [0.4, 0.5) is 5.95 Å². The molecule has 0 radical (unpaired) electrons. The molecule has 0 atom stereocenters. The summed E-state index contributed by atoms with van der Waals surface area (Å²) < 4.78 is 5.84. The zero-order chi connectivity index (χ0) is 13.8. The maximum atomic E-state index is 5.84. The van der Waals surface area contributed by atoms with Crippen LogP contribution in [0.25, 0.3) is 10.2 Å². The predicted octanol–water partition coefficient (Wildman–Crippen LogP) is 1.84. The molecule has 20 heavy (non-hydrogen) atoms. The fourth-order valence-corrected chi connectivity index (χ4v) is 3.21. The number of hydrogen-bond donors (Lipinski definition) is 2. The zero-order valence-corrected chi connectivity index (χ0v) is 12.2. The fraction of sp³-hybridized carbons (Fsp3) is 0.538. The molecule has 1 saturated heterocycles. The number of nitrogen functional groups attached to an aromatic ring is 1. The third-order valence-electron chi connectivity index (χ3n) is 3.51. The molecular weight excluding hydrogens is 274 g/mol. The van der Waals surface area contributed by atoms with Crippen molar-refractivity contribution in [2.75, 3.05) is 31.7 Å². The summed E-state index contributed by atoms with van der Waals surface area (Å²) in [6, 6.07) is 1.98. The number of anilines is 1. The van der Waals surface area contributed by atoms with Crippen LogP contribution < -0.4 is 16.0 Å². The van der Waals surface area contributed by atoms with Crippen LogP contribution in [-0.4, -0.2) is 41.1 Å². The van der Waals surface area contributed by atoms with Crippen molar-refractivity contribution >= 4 is 27.5 Å². The molecule has 108 valence electrons. The Balaban J connectivity index is 1.65. The van der Waals surface area contributed by atoms with Gasteiger partial charge in [0.2, 0.25) is 11.8 Å². The number of nitrogens with one attached hydrogen (secondary N) is 1. The van der Waals surface area contributed by atoms with Gasteiger partial charge in [-0.25, -0.2) is 10.8 Å². The van der Waals surface area contributed by atoms with Gasteiger partial charge in [-0.2, -0.15) is 4.98 Å². The Morgan fingerprint density at radius 3 is 2.95 bits per heavy atom. The second-order valence-corrected chi connectivity index (χ2v) is 5.78. The number of rotatable bonds is 5. The summed E-state index contributed by atoms with van der Waals surface area (Å²) in [7, 11) is 0. The summed E-state index contributed by atoms with van der Waals surface area (Å²) >= 11 is 1.56. The smallest absolute Gasteiger partial charge is 0.241 e. The van der Waals surface area contributed by atoms with E-state index in [0.29, 0.717) is 18.4 Å². The molecule has 2 aromatic rings. The van der Waals surface area contributed by atoms with Crippen molar-refractivity contribution in [3.05, 3.63) is 11.4 Å². The van der Waals surface area contributed by atoms with Gasteiger partial charge in [0.25, 0.3) is 0 Å². The lowest BCUT2D eigenvalue weighted by Gasteiger charge is -2.26. The Morgan fingerprint density at radius 1 is 1.30 bits per heavy atom. The van der Waals surface area contributed by atoms with E-state index in [2.05, 4.69) is 20.3 Å². The number of nitrogens with two attached hydrogens (primary N) is 1. The van der Waals surface area contributed by atoms with E-state index in [1.807, 2.05) is 11.4 Å². The lowest BCUT2D eigenvalue weighted by molar-refractivity contribution is 0.181. The van der Waals surface area contributed by atoms with Crippen LogP contribution >= 0.6 is 11.3 Å². The highest BCUT2D eigenvalue weighted by molar-refractivity contribution is 7.16. The van der Waals surface area contributed by atoms with Crippen molar-refractivity contribution in [3.63, 3.8) is 0 Å². The molecule has 7 heteroatoms. The quantitative estimate of drug-likeness (QED) is 0.647. The molecule has 6 nitrogen and oxygen atoms in total. The Bertz CT molecular complexity index is 567. The van der Waals surface area contributed by atoms with Crippen LogP contribution in [0.15, 0.2) is 11.4 Å². The van der Waals surface area contributed by atoms with Crippen LogP contribution in [0, 0.1) is 0 Å². The standard InChI is InChI=1S/C13H19N5OS/c14-17-13-15-11(10-4-9-20-12(10)16-13)19-8-7-18-5-2-1-3-6-18/h4,9H,1-3,5-8,14H2,(H,15,16,17). The number of thiophene rings is 1. The van der Waals surface area contributed by atoms with Gasteiger partial charge < -0.3 is 4.74 Å². The lowest BCUT2D eigenvalue weighted by Crippen LogP contribution is -2.33. The number of likely N-dealkylation sites (tertiary alicyclic amines) is 1. The summed E-state index contributed by atoms with van der Waals surface area (Å²) in [6.45, 7) is 3.94. The zero-order valence-electron chi connectivity index (χ0n) is 11.3. The average molecular weight is 293 g/mol. The molecule has 0 spiro atoms. The largest absolute Gasteiger partial charge is 0.476 e. The van der Waals surface area contributed by atoms with E-state index >= 15 is 0 Å². The monoisotopic (exact) mass is 293 g/mol. The minimum atomic E-state index is 0.396. The number of aromatic nitrogens is 2. The van der Waals surface area contributed by atoms with Gasteiger partial charge in [0.05, 0.1) is 5.39 Å². The Hall–Kier alpha value is -1.44. The number of hydrazine groups is 1. The summed E-state index contributed by atoms with van der Waals surface area (Å²) in [6.07, 6.45) is 3.94. The molecule has 0 bridgehead atoms. The topological polar surface area (TPSA) is 76.3 Å². The second kappa shape index (κ2) is 6.34. The maximum Gasteiger partial charge on any atom is 0.241 e. The van der Waals surface area contributed by atoms with Gasteiger partial charge in [-0.15, -0.1) is 11.3 Å². The van der Waals surface area contributed by atoms with Gasteiger partial charge in [-0.1, -0.05) is 6.42 Å². The third-order valence-corrected chi connectivity index (χ3v) is 4.32. The lowest BCUT2D eigenvalue weighted by atomic mass is 10.1. The molecule has 1 aliphatic rings. The van der Waals surface area contributed by atoms with E-state index in [4.69, 9.17) is 10.6 Å². The van der Waals surface area contributed by atoms with E-state index in [0.717, 1.165) is 16.8 Å². The van der Waals surface area contributed by atoms with E-state index in [1.54, 1.807) is 11.3 Å². The number of nitrogens with zero attached hydrogens (tertiary/aromatic N) is 3. The highest BCUT2D eigenvalue weighted by Crippen LogP contribution is 2.27. The first-order valence-electron chi connectivity index (χ1n) is 6.94. The van der Waals surface area contributed by atoms with E-state index in [-0.39, 0.29) is 0 Å². The van der Waals surface area contributed by atoms with Gasteiger partial charge in [0.1, 0.15) is 11.4 Å². The van der Waals surface area contributed by atoms with Crippen LogP contribution in [0.5, 0.6) is 5.88 Å². The Kier molecular flexibility index (Phi) is 4.29. The summed E-state index contributed by atoms with van der Waals surface area (Å²) in [5.74, 6) is 6.40. The van der Waals surface area contributed by atoms with E-state index in [9.17, 15) is 0 Å². The first kappa shape index (κ1) is 13.5.